The van der Waals surface area contributed by atoms with Crippen LogP contribution in [0.5, 0.6) is 0 Å². The Labute approximate surface area is 125 Å². The van der Waals surface area contributed by atoms with Crippen molar-refractivity contribution in [1.29, 1.82) is 0 Å². The molecule has 2 N–H and O–H groups in total. The number of urea groups is 1. The Balaban J connectivity index is 2.05. The second kappa shape index (κ2) is 5.76. The van der Waals surface area contributed by atoms with E-state index in [9.17, 15) is 9.59 Å². The molecule has 2 rings (SSSR count). The van der Waals surface area contributed by atoms with Crippen molar-refractivity contribution in [2.24, 2.45) is 0 Å². The number of carbonyl (C=O) groups excluding carboxylic acids is 1. The van der Waals surface area contributed by atoms with Gasteiger partial charge in [0, 0.05) is 18.6 Å². The van der Waals surface area contributed by atoms with Crippen molar-refractivity contribution in [3.05, 3.63) is 34.9 Å². The van der Waals surface area contributed by atoms with Gasteiger partial charge in [-0.05, 0) is 43.5 Å². The van der Waals surface area contributed by atoms with Crippen molar-refractivity contribution in [3.63, 3.8) is 0 Å². The van der Waals surface area contributed by atoms with E-state index in [0.717, 1.165) is 24.0 Å². The van der Waals surface area contributed by atoms with Crippen molar-refractivity contribution in [2.75, 3.05) is 0 Å². The number of hydrogen-bond donors (Lipinski definition) is 2. The molecule has 1 aromatic carbocycles. The number of fused-ring (bicyclic) bond motifs is 1. The number of aromatic carboxylic acids is 1. The third-order valence-electron chi connectivity index (χ3n) is 3.78. The lowest BCUT2D eigenvalue weighted by atomic mass is 9.99. The van der Waals surface area contributed by atoms with Crippen LogP contribution in [-0.4, -0.2) is 27.5 Å². The number of nitrogens with one attached hydrogen (secondary N) is 1. The standard InChI is InChI=1S/C16H22N2O3/c1-4-7-16(2,3)17-15(21)18-9-12-6-5-11(14(19)20)8-13(12)10-18/h5-6,8H,4,7,9-10H2,1-3H3,(H,17,21)(H,19,20). The van der Waals surface area contributed by atoms with Gasteiger partial charge in [0.25, 0.3) is 0 Å². The Morgan fingerprint density at radius 1 is 1.29 bits per heavy atom. The highest BCUT2D eigenvalue weighted by molar-refractivity contribution is 5.88. The van der Waals surface area contributed by atoms with E-state index in [2.05, 4.69) is 12.2 Å². The maximum Gasteiger partial charge on any atom is 0.335 e. The molecule has 0 bridgehead atoms. The van der Waals surface area contributed by atoms with Gasteiger partial charge in [-0.15, -0.1) is 0 Å². The van der Waals surface area contributed by atoms with Crippen LogP contribution in [0.3, 0.4) is 0 Å². The normalized spacial score (nSPS) is 14.0. The maximum atomic E-state index is 12.3. The molecule has 114 valence electrons. The summed E-state index contributed by atoms with van der Waals surface area (Å²) in [6, 6.07) is 4.94. The first-order valence-electron chi connectivity index (χ1n) is 7.24. The first kappa shape index (κ1) is 15.4. The zero-order valence-corrected chi connectivity index (χ0v) is 12.8. The van der Waals surface area contributed by atoms with Crippen molar-refractivity contribution in [2.45, 2.75) is 52.2 Å². The smallest absolute Gasteiger partial charge is 0.335 e. The van der Waals surface area contributed by atoms with E-state index in [-0.39, 0.29) is 17.1 Å². The van der Waals surface area contributed by atoms with E-state index in [1.54, 1.807) is 23.1 Å². The molecule has 1 aliphatic heterocycles. The molecule has 0 unspecified atom stereocenters. The van der Waals surface area contributed by atoms with Crippen LogP contribution < -0.4 is 5.32 Å². The molecule has 2 amide bonds. The molecule has 0 radical (unpaired) electrons. The second-order valence-corrected chi connectivity index (χ2v) is 6.21. The molecule has 1 heterocycles. The Bertz CT molecular complexity index is 567. The summed E-state index contributed by atoms with van der Waals surface area (Å²) in [6.07, 6.45) is 1.93. The molecule has 5 heteroatoms. The zero-order chi connectivity index (χ0) is 15.6. The number of rotatable bonds is 4. The minimum atomic E-state index is -0.940. The number of amides is 2. The molecule has 0 saturated heterocycles. The molecule has 0 spiro atoms. The van der Waals surface area contributed by atoms with Gasteiger partial charge in [-0.3, -0.25) is 0 Å². The van der Waals surface area contributed by atoms with Gasteiger partial charge in [0.15, 0.2) is 0 Å². The highest BCUT2D eigenvalue weighted by Crippen LogP contribution is 2.24. The highest BCUT2D eigenvalue weighted by atomic mass is 16.4. The van der Waals surface area contributed by atoms with Crippen LogP contribution in [-0.2, 0) is 13.1 Å². The number of benzene rings is 1. The largest absolute Gasteiger partial charge is 0.478 e. The van der Waals surface area contributed by atoms with Gasteiger partial charge in [-0.2, -0.15) is 0 Å². The Morgan fingerprint density at radius 3 is 2.57 bits per heavy atom. The summed E-state index contributed by atoms with van der Waals surface area (Å²) < 4.78 is 0. The fourth-order valence-electron chi connectivity index (χ4n) is 2.73. The predicted molar refractivity (Wildman–Crippen MR) is 80.2 cm³/mol. The minimum absolute atomic E-state index is 0.0958. The fourth-order valence-corrected chi connectivity index (χ4v) is 2.73. The first-order valence-corrected chi connectivity index (χ1v) is 7.24. The highest BCUT2D eigenvalue weighted by Gasteiger charge is 2.27. The van der Waals surface area contributed by atoms with Crippen molar-refractivity contribution in [1.82, 2.24) is 10.2 Å². The van der Waals surface area contributed by atoms with Crippen LogP contribution in [0.1, 0.15) is 55.1 Å². The van der Waals surface area contributed by atoms with Crippen LogP contribution in [0.25, 0.3) is 0 Å². The van der Waals surface area contributed by atoms with Crippen LogP contribution in [0.2, 0.25) is 0 Å². The topological polar surface area (TPSA) is 69.6 Å². The molecule has 21 heavy (non-hydrogen) atoms. The molecule has 0 aromatic heterocycles. The van der Waals surface area contributed by atoms with Gasteiger partial charge >= 0.3 is 12.0 Å². The summed E-state index contributed by atoms with van der Waals surface area (Å²) in [5, 5.41) is 12.1. The lowest BCUT2D eigenvalue weighted by Gasteiger charge is -2.28. The quantitative estimate of drug-likeness (QED) is 0.895. The van der Waals surface area contributed by atoms with E-state index in [4.69, 9.17) is 5.11 Å². The maximum absolute atomic E-state index is 12.3. The summed E-state index contributed by atoms with van der Waals surface area (Å²) >= 11 is 0. The Morgan fingerprint density at radius 2 is 1.95 bits per heavy atom. The van der Waals surface area contributed by atoms with Gasteiger partial charge in [-0.25, -0.2) is 9.59 Å². The number of hydrogen-bond acceptors (Lipinski definition) is 2. The summed E-state index contributed by atoms with van der Waals surface area (Å²) in [5.74, 6) is -0.940. The van der Waals surface area contributed by atoms with E-state index in [1.807, 2.05) is 13.8 Å². The average molecular weight is 290 g/mol. The third-order valence-corrected chi connectivity index (χ3v) is 3.78. The van der Waals surface area contributed by atoms with Gasteiger partial charge in [0.2, 0.25) is 0 Å². The lowest BCUT2D eigenvalue weighted by Crippen LogP contribution is -2.48. The van der Waals surface area contributed by atoms with Crippen molar-refractivity contribution >= 4 is 12.0 Å². The van der Waals surface area contributed by atoms with Crippen LogP contribution in [0.4, 0.5) is 4.79 Å². The number of carboxylic acids is 1. The summed E-state index contributed by atoms with van der Waals surface area (Å²) in [6.45, 7) is 7.11. The monoisotopic (exact) mass is 290 g/mol. The van der Waals surface area contributed by atoms with Crippen LogP contribution in [0.15, 0.2) is 18.2 Å². The van der Waals surface area contributed by atoms with Crippen molar-refractivity contribution < 1.29 is 14.7 Å². The minimum Gasteiger partial charge on any atom is -0.478 e. The van der Waals surface area contributed by atoms with Gasteiger partial charge < -0.3 is 15.3 Å². The Hall–Kier alpha value is -2.04. The van der Waals surface area contributed by atoms with E-state index in [1.165, 1.54) is 0 Å². The third kappa shape index (κ3) is 3.54. The molecular formula is C16H22N2O3. The molecule has 0 atom stereocenters. The van der Waals surface area contributed by atoms with Gasteiger partial charge in [0.05, 0.1) is 5.56 Å². The van der Waals surface area contributed by atoms with Gasteiger partial charge in [-0.1, -0.05) is 19.4 Å². The fraction of sp³-hybridized carbons (Fsp3) is 0.500. The zero-order valence-electron chi connectivity index (χ0n) is 12.8. The van der Waals surface area contributed by atoms with E-state index >= 15 is 0 Å². The van der Waals surface area contributed by atoms with E-state index < -0.39 is 5.97 Å². The SMILES string of the molecule is CCCC(C)(C)NC(=O)N1Cc2ccc(C(=O)O)cc2C1. The summed E-state index contributed by atoms with van der Waals surface area (Å²) in [7, 11) is 0. The average Bonchev–Trinajstić information content (AvgIpc) is 2.80. The predicted octanol–water partition coefficient (Wildman–Crippen LogP) is 2.99. The molecule has 1 aliphatic rings. The van der Waals surface area contributed by atoms with Crippen LogP contribution >= 0.6 is 0 Å². The molecule has 0 saturated carbocycles. The number of nitrogens with zero attached hydrogens (tertiary/aromatic N) is 1. The molecular weight excluding hydrogens is 268 g/mol. The molecule has 1 aromatic rings. The lowest BCUT2D eigenvalue weighted by molar-refractivity contribution is 0.0696. The molecule has 5 nitrogen and oxygen atoms in total. The summed E-state index contributed by atoms with van der Waals surface area (Å²) in [5.41, 5.74) is 1.97. The first-order chi connectivity index (χ1) is 9.82. The van der Waals surface area contributed by atoms with Crippen LogP contribution in [0, 0.1) is 0 Å². The van der Waals surface area contributed by atoms with Crippen molar-refractivity contribution in [3.8, 4) is 0 Å². The van der Waals surface area contributed by atoms with E-state index in [0.29, 0.717) is 13.1 Å². The molecule has 0 fully saturated rings. The second-order valence-electron chi connectivity index (χ2n) is 6.21. The molecule has 0 aliphatic carbocycles. The number of carboxylic acid groups (broad SMARTS) is 1. The number of carbonyl (C=O) groups is 2. The Kier molecular flexibility index (Phi) is 4.21. The van der Waals surface area contributed by atoms with Gasteiger partial charge in [0.1, 0.15) is 0 Å². The summed E-state index contributed by atoms with van der Waals surface area (Å²) in [4.78, 5) is 25.0.